The Morgan fingerprint density at radius 1 is 0.857 bits per heavy atom. The van der Waals surface area contributed by atoms with Crippen molar-refractivity contribution in [3.63, 3.8) is 0 Å². The SMILES string of the molecule is COc1cc(C(C)NC(=O)c2ccc(NC(=O)c3cc(F)cc(F)c3)cc2O)cc(OC)c1OC. The molecular formula is C25H24F2N2O6. The molecule has 3 aromatic rings. The summed E-state index contributed by atoms with van der Waals surface area (Å²) >= 11 is 0. The van der Waals surface area contributed by atoms with Crippen molar-refractivity contribution in [2.45, 2.75) is 13.0 Å². The number of anilines is 1. The number of benzene rings is 3. The molecule has 0 aliphatic rings. The van der Waals surface area contributed by atoms with Crippen molar-refractivity contribution in [2.75, 3.05) is 26.6 Å². The highest BCUT2D eigenvalue weighted by Crippen LogP contribution is 2.39. The van der Waals surface area contributed by atoms with Crippen LogP contribution in [-0.2, 0) is 0 Å². The minimum absolute atomic E-state index is 0.0425. The number of hydrogen-bond acceptors (Lipinski definition) is 6. The third-order valence-electron chi connectivity index (χ3n) is 5.16. The van der Waals surface area contributed by atoms with Gasteiger partial charge >= 0.3 is 0 Å². The molecule has 2 amide bonds. The van der Waals surface area contributed by atoms with Crippen molar-refractivity contribution in [2.24, 2.45) is 0 Å². The Hall–Kier alpha value is -4.34. The van der Waals surface area contributed by atoms with Crippen molar-refractivity contribution in [1.29, 1.82) is 0 Å². The summed E-state index contributed by atoms with van der Waals surface area (Å²) in [6.45, 7) is 1.74. The predicted molar refractivity (Wildman–Crippen MR) is 124 cm³/mol. The van der Waals surface area contributed by atoms with Gasteiger partial charge in [0, 0.05) is 23.4 Å². The van der Waals surface area contributed by atoms with Gasteiger partial charge in [-0.05, 0) is 48.9 Å². The lowest BCUT2D eigenvalue weighted by molar-refractivity contribution is 0.0936. The van der Waals surface area contributed by atoms with Crippen LogP contribution in [0.5, 0.6) is 23.0 Å². The van der Waals surface area contributed by atoms with Gasteiger partial charge in [-0.25, -0.2) is 8.78 Å². The smallest absolute Gasteiger partial charge is 0.255 e. The molecule has 10 heteroatoms. The van der Waals surface area contributed by atoms with E-state index in [1.807, 2.05) is 0 Å². The largest absolute Gasteiger partial charge is 0.507 e. The van der Waals surface area contributed by atoms with E-state index in [-0.39, 0.29) is 16.8 Å². The average Bonchev–Trinajstić information content (AvgIpc) is 2.82. The lowest BCUT2D eigenvalue weighted by Gasteiger charge is -2.19. The monoisotopic (exact) mass is 486 g/mol. The Balaban J connectivity index is 1.75. The Labute approximate surface area is 200 Å². The molecule has 0 spiro atoms. The molecule has 0 saturated carbocycles. The number of halogens is 2. The molecule has 184 valence electrons. The third-order valence-corrected chi connectivity index (χ3v) is 5.16. The van der Waals surface area contributed by atoms with Crippen LogP contribution >= 0.6 is 0 Å². The minimum atomic E-state index is -0.897. The van der Waals surface area contributed by atoms with E-state index in [9.17, 15) is 23.5 Å². The van der Waals surface area contributed by atoms with Crippen LogP contribution in [0.2, 0.25) is 0 Å². The molecule has 8 nitrogen and oxygen atoms in total. The number of ether oxygens (including phenoxy) is 3. The molecule has 0 saturated heterocycles. The van der Waals surface area contributed by atoms with Crippen LogP contribution in [0.25, 0.3) is 0 Å². The summed E-state index contributed by atoms with van der Waals surface area (Å²) < 4.78 is 42.7. The second kappa shape index (κ2) is 10.7. The molecule has 0 bridgehead atoms. The second-order valence-electron chi connectivity index (χ2n) is 7.50. The molecule has 3 N–H and O–H groups in total. The molecule has 0 aliphatic carbocycles. The maximum atomic E-state index is 13.4. The molecule has 0 heterocycles. The zero-order valence-corrected chi connectivity index (χ0v) is 19.4. The third kappa shape index (κ3) is 5.78. The van der Waals surface area contributed by atoms with Gasteiger partial charge in [-0.2, -0.15) is 0 Å². The van der Waals surface area contributed by atoms with Gasteiger partial charge < -0.3 is 30.0 Å². The molecule has 1 unspecified atom stereocenters. The van der Waals surface area contributed by atoms with Crippen LogP contribution in [0.1, 0.15) is 39.2 Å². The molecular weight excluding hydrogens is 462 g/mol. The van der Waals surface area contributed by atoms with Crippen LogP contribution in [0.4, 0.5) is 14.5 Å². The number of nitrogens with one attached hydrogen (secondary N) is 2. The highest BCUT2D eigenvalue weighted by Gasteiger charge is 2.20. The van der Waals surface area contributed by atoms with Crippen molar-refractivity contribution < 1.29 is 37.7 Å². The van der Waals surface area contributed by atoms with Gasteiger partial charge in [-0.1, -0.05) is 0 Å². The van der Waals surface area contributed by atoms with Gasteiger partial charge in [0.2, 0.25) is 5.75 Å². The summed E-state index contributed by atoms with van der Waals surface area (Å²) in [5, 5.41) is 15.6. The summed E-state index contributed by atoms with van der Waals surface area (Å²) in [4.78, 5) is 25.0. The number of methoxy groups -OCH3 is 3. The Kier molecular flexibility index (Phi) is 7.75. The Morgan fingerprint density at radius 2 is 1.46 bits per heavy atom. The molecule has 0 fully saturated rings. The van der Waals surface area contributed by atoms with E-state index in [4.69, 9.17) is 14.2 Å². The summed E-state index contributed by atoms with van der Waals surface area (Å²) in [6.07, 6.45) is 0. The quantitative estimate of drug-likeness (QED) is 0.435. The fourth-order valence-electron chi connectivity index (χ4n) is 3.40. The van der Waals surface area contributed by atoms with Gasteiger partial charge in [-0.15, -0.1) is 0 Å². The highest BCUT2D eigenvalue weighted by atomic mass is 19.1. The molecule has 0 radical (unpaired) electrons. The van der Waals surface area contributed by atoms with Crippen LogP contribution in [-0.4, -0.2) is 38.3 Å². The zero-order valence-electron chi connectivity index (χ0n) is 19.4. The molecule has 0 aliphatic heterocycles. The average molecular weight is 486 g/mol. The predicted octanol–water partition coefficient (Wildman–Crippen LogP) is 4.44. The number of rotatable bonds is 8. The van der Waals surface area contributed by atoms with Crippen LogP contribution in [0, 0.1) is 11.6 Å². The maximum absolute atomic E-state index is 13.4. The number of phenolic OH excluding ortho intramolecular Hbond substituents is 1. The van der Waals surface area contributed by atoms with Crippen molar-refractivity contribution >= 4 is 17.5 Å². The number of amides is 2. The number of phenols is 1. The van der Waals surface area contributed by atoms with Gasteiger partial charge in [-0.3, -0.25) is 9.59 Å². The molecule has 35 heavy (non-hydrogen) atoms. The summed E-state index contributed by atoms with van der Waals surface area (Å²) in [6, 6.07) is 9.15. The van der Waals surface area contributed by atoms with Gasteiger partial charge in [0.15, 0.2) is 11.5 Å². The normalized spacial score (nSPS) is 11.4. The van der Waals surface area contributed by atoms with Gasteiger partial charge in [0.05, 0.1) is 32.9 Å². The first kappa shape index (κ1) is 25.3. The van der Waals surface area contributed by atoms with E-state index in [0.717, 1.165) is 18.2 Å². The number of aromatic hydroxyl groups is 1. The lowest BCUT2D eigenvalue weighted by atomic mass is 10.1. The Bertz CT molecular complexity index is 1220. The number of hydrogen-bond donors (Lipinski definition) is 3. The standard InChI is InChI=1S/C25H24F2N2O6/c1-13(14-9-21(33-2)23(35-4)22(10-14)34-3)28-25(32)19-6-5-18(12-20(19)30)29-24(31)15-7-16(26)11-17(27)8-15/h5-13,30H,1-4H3,(H,28,32)(H,29,31). The van der Waals surface area contributed by atoms with Crippen molar-refractivity contribution in [3.05, 3.63) is 76.9 Å². The fourth-order valence-corrected chi connectivity index (χ4v) is 3.40. The number of carbonyl (C=O) groups excluding carboxylic acids is 2. The first-order chi connectivity index (χ1) is 16.7. The topological polar surface area (TPSA) is 106 Å². The van der Waals surface area contributed by atoms with E-state index in [1.165, 1.54) is 33.5 Å². The van der Waals surface area contributed by atoms with E-state index < -0.39 is 35.2 Å². The first-order valence-corrected chi connectivity index (χ1v) is 10.4. The van der Waals surface area contributed by atoms with E-state index in [2.05, 4.69) is 10.6 Å². The van der Waals surface area contributed by atoms with Crippen LogP contribution in [0.3, 0.4) is 0 Å². The fraction of sp³-hybridized carbons (Fsp3) is 0.200. The van der Waals surface area contributed by atoms with Crippen LogP contribution < -0.4 is 24.8 Å². The Morgan fingerprint density at radius 3 is 1.97 bits per heavy atom. The maximum Gasteiger partial charge on any atom is 0.255 e. The zero-order chi connectivity index (χ0) is 25.7. The second-order valence-corrected chi connectivity index (χ2v) is 7.50. The van der Waals surface area contributed by atoms with E-state index in [1.54, 1.807) is 19.1 Å². The van der Waals surface area contributed by atoms with E-state index in [0.29, 0.717) is 28.9 Å². The first-order valence-electron chi connectivity index (χ1n) is 10.4. The lowest BCUT2D eigenvalue weighted by Crippen LogP contribution is -2.26. The van der Waals surface area contributed by atoms with Crippen molar-refractivity contribution in [1.82, 2.24) is 5.32 Å². The number of carbonyl (C=O) groups is 2. The summed E-state index contributed by atoms with van der Waals surface area (Å²) in [5.74, 6) is -2.30. The molecule has 0 aromatic heterocycles. The highest BCUT2D eigenvalue weighted by molar-refractivity contribution is 6.05. The van der Waals surface area contributed by atoms with Crippen molar-refractivity contribution in [3.8, 4) is 23.0 Å². The van der Waals surface area contributed by atoms with Gasteiger partial charge in [0.1, 0.15) is 17.4 Å². The molecule has 1 atom stereocenters. The van der Waals surface area contributed by atoms with Crippen LogP contribution in [0.15, 0.2) is 48.5 Å². The molecule has 3 rings (SSSR count). The van der Waals surface area contributed by atoms with Gasteiger partial charge in [0.25, 0.3) is 11.8 Å². The molecule has 3 aromatic carbocycles. The summed E-state index contributed by atoms with van der Waals surface area (Å²) in [7, 11) is 4.44. The minimum Gasteiger partial charge on any atom is -0.507 e. The summed E-state index contributed by atoms with van der Waals surface area (Å²) in [5.41, 5.74) is 0.520. The van der Waals surface area contributed by atoms with E-state index >= 15 is 0 Å².